The van der Waals surface area contributed by atoms with Gasteiger partial charge >= 0.3 is 0 Å². The molecular formula is C14H20BrFN2O. The fraction of sp³-hybridized carbons (Fsp3) is 0.571. The maximum atomic E-state index is 14.2. The van der Waals surface area contributed by atoms with Gasteiger partial charge in [0.05, 0.1) is 19.3 Å². The Labute approximate surface area is 122 Å². The monoisotopic (exact) mass is 330 g/mol. The number of hydrogen-bond acceptors (Lipinski definition) is 3. The Morgan fingerprint density at radius 1 is 1.53 bits per heavy atom. The van der Waals surface area contributed by atoms with E-state index in [4.69, 9.17) is 10.5 Å². The third-order valence-electron chi connectivity index (χ3n) is 3.63. The van der Waals surface area contributed by atoms with Crippen molar-refractivity contribution in [1.29, 1.82) is 0 Å². The molecule has 1 saturated heterocycles. The van der Waals surface area contributed by atoms with Crippen LogP contribution in [0.2, 0.25) is 0 Å². The molecule has 1 aromatic rings. The van der Waals surface area contributed by atoms with Crippen molar-refractivity contribution in [2.45, 2.75) is 25.4 Å². The van der Waals surface area contributed by atoms with Crippen LogP contribution in [0.5, 0.6) is 0 Å². The smallest absolute Gasteiger partial charge is 0.129 e. The van der Waals surface area contributed by atoms with Crippen LogP contribution in [-0.4, -0.2) is 36.7 Å². The van der Waals surface area contributed by atoms with E-state index in [2.05, 4.69) is 34.7 Å². The van der Waals surface area contributed by atoms with Crippen molar-refractivity contribution in [2.75, 3.05) is 26.3 Å². The topological polar surface area (TPSA) is 38.5 Å². The van der Waals surface area contributed by atoms with E-state index < -0.39 is 0 Å². The van der Waals surface area contributed by atoms with Gasteiger partial charge in [-0.15, -0.1) is 0 Å². The molecule has 1 atom stereocenters. The van der Waals surface area contributed by atoms with Crippen molar-refractivity contribution in [3.63, 3.8) is 0 Å². The zero-order valence-electron chi connectivity index (χ0n) is 11.3. The number of ether oxygens (including phenoxy) is 1. The number of benzene rings is 1. The molecule has 0 amide bonds. The quantitative estimate of drug-likeness (QED) is 0.926. The van der Waals surface area contributed by atoms with E-state index in [0.717, 1.165) is 11.0 Å². The summed E-state index contributed by atoms with van der Waals surface area (Å²) in [5.74, 6) is -0.216. The first-order valence-corrected chi connectivity index (χ1v) is 7.24. The molecule has 1 aliphatic heterocycles. The van der Waals surface area contributed by atoms with Crippen LogP contribution in [0.4, 0.5) is 4.39 Å². The Morgan fingerprint density at radius 2 is 2.26 bits per heavy atom. The maximum absolute atomic E-state index is 14.2. The molecule has 1 aromatic carbocycles. The number of nitrogens with two attached hydrogens (primary N) is 1. The molecule has 1 unspecified atom stereocenters. The van der Waals surface area contributed by atoms with Gasteiger partial charge in [-0.05, 0) is 26.0 Å². The van der Waals surface area contributed by atoms with Crippen LogP contribution in [0.25, 0.3) is 0 Å². The second kappa shape index (κ2) is 5.87. The van der Waals surface area contributed by atoms with E-state index >= 15 is 0 Å². The summed E-state index contributed by atoms with van der Waals surface area (Å²) in [6, 6.07) is 5.04. The van der Waals surface area contributed by atoms with Crippen LogP contribution >= 0.6 is 15.9 Å². The Bertz CT molecular complexity index is 453. The lowest BCUT2D eigenvalue weighted by Crippen LogP contribution is -2.55. The van der Waals surface area contributed by atoms with E-state index in [9.17, 15) is 4.39 Å². The van der Waals surface area contributed by atoms with Crippen molar-refractivity contribution in [2.24, 2.45) is 5.73 Å². The molecule has 0 aliphatic carbocycles. The Kier molecular flexibility index (Phi) is 4.61. The third kappa shape index (κ3) is 3.16. The van der Waals surface area contributed by atoms with Crippen LogP contribution in [-0.2, 0) is 4.74 Å². The van der Waals surface area contributed by atoms with Gasteiger partial charge in [0.25, 0.3) is 0 Å². The minimum Gasteiger partial charge on any atom is -0.378 e. The fourth-order valence-corrected chi connectivity index (χ4v) is 2.98. The van der Waals surface area contributed by atoms with Gasteiger partial charge in [-0.2, -0.15) is 0 Å². The van der Waals surface area contributed by atoms with Crippen LogP contribution in [0.3, 0.4) is 0 Å². The van der Waals surface area contributed by atoms with E-state index in [0.29, 0.717) is 25.3 Å². The summed E-state index contributed by atoms with van der Waals surface area (Å²) in [5, 5.41) is 0. The lowest BCUT2D eigenvalue weighted by atomic mass is 9.95. The molecule has 0 spiro atoms. The van der Waals surface area contributed by atoms with Gasteiger partial charge < -0.3 is 10.5 Å². The first-order chi connectivity index (χ1) is 8.95. The Hall–Kier alpha value is -0.490. The summed E-state index contributed by atoms with van der Waals surface area (Å²) in [6.45, 7) is 6.67. The maximum Gasteiger partial charge on any atom is 0.129 e. The number of halogens is 2. The minimum absolute atomic E-state index is 0.119. The van der Waals surface area contributed by atoms with Crippen molar-refractivity contribution in [3.8, 4) is 0 Å². The van der Waals surface area contributed by atoms with Crippen LogP contribution in [0, 0.1) is 5.82 Å². The lowest BCUT2D eigenvalue weighted by molar-refractivity contribution is -0.0718. The number of hydrogen-bond donors (Lipinski definition) is 1. The molecule has 106 valence electrons. The highest BCUT2D eigenvalue weighted by Gasteiger charge is 2.36. The Balaban J connectivity index is 2.33. The molecule has 3 nitrogen and oxygen atoms in total. The van der Waals surface area contributed by atoms with Crippen LogP contribution in [0.15, 0.2) is 22.7 Å². The van der Waals surface area contributed by atoms with Crippen molar-refractivity contribution >= 4 is 15.9 Å². The molecule has 0 aromatic heterocycles. The molecule has 5 heteroatoms. The highest BCUT2D eigenvalue weighted by molar-refractivity contribution is 9.10. The van der Waals surface area contributed by atoms with Crippen molar-refractivity contribution in [1.82, 2.24) is 4.90 Å². The molecule has 2 N–H and O–H groups in total. The van der Waals surface area contributed by atoms with Gasteiger partial charge in [-0.1, -0.05) is 22.0 Å². The lowest BCUT2D eigenvalue weighted by Gasteiger charge is -2.46. The van der Waals surface area contributed by atoms with Crippen LogP contribution < -0.4 is 5.73 Å². The highest BCUT2D eigenvalue weighted by atomic mass is 79.9. The third-order valence-corrected chi connectivity index (χ3v) is 4.12. The van der Waals surface area contributed by atoms with Gasteiger partial charge in [0.15, 0.2) is 0 Å². The first kappa shape index (κ1) is 14.9. The van der Waals surface area contributed by atoms with E-state index in [1.807, 2.05) is 12.1 Å². The zero-order valence-corrected chi connectivity index (χ0v) is 12.9. The van der Waals surface area contributed by atoms with Gasteiger partial charge in [-0.25, -0.2) is 4.39 Å². The van der Waals surface area contributed by atoms with E-state index in [-0.39, 0.29) is 17.4 Å². The predicted molar refractivity (Wildman–Crippen MR) is 77.5 cm³/mol. The van der Waals surface area contributed by atoms with Crippen LogP contribution in [0.1, 0.15) is 25.5 Å². The van der Waals surface area contributed by atoms with Gasteiger partial charge in [0.2, 0.25) is 0 Å². The predicted octanol–water partition coefficient (Wildman–Crippen LogP) is 2.70. The second-order valence-electron chi connectivity index (χ2n) is 5.48. The average molecular weight is 331 g/mol. The molecule has 0 radical (unpaired) electrons. The molecule has 2 rings (SSSR count). The zero-order chi connectivity index (χ0) is 14.0. The average Bonchev–Trinajstić information content (AvgIpc) is 2.34. The normalized spacial score (nSPS) is 21.3. The molecule has 1 heterocycles. The van der Waals surface area contributed by atoms with Gasteiger partial charge in [-0.3, -0.25) is 4.90 Å². The standard InChI is InChI=1S/C14H20BrFN2O/c1-14(2)9-19-6-5-18(14)13(8-17)11-4-3-10(15)7-12(11)16/h3-4,7,13H,5-6,8-9,17H2,1-2H3. The summed E-state index contributed by atoms with van der Waals surface area (Å²) in [5.41, 5.74) is 6.42. The number of morpholine rings is 1. The molecule has 19 heavy (non-hydrogen) atoms. The van der Waals surface area contributed by atoms with Crippen molar-refractivity contribution < 1.29 is 9.13 Å². The first-order valence-electron chi connectivity index (χ1n) is 6.45. The molecule has 0 bridgehead atoms. The van der Waals surface area contributed by atoms with Gasteiger partial charge in [0.1, 0.15) is 5.82 Å². The molecular weight excluding hydrogens is 311 g/mol. The van der Waals surface area contributed by atoms with E-state index in [1.54, 1.807) is 0 Å². The summed E-state index contributed by atoms with van der Waals surface area (Å²) in [4.78, 5) is 2.24. The second-order valence-corrected chi connectivity index (χ2v) is 6.39. The number of nitrogens with zero attached hydrogens (tertiary/aromatic N) is 1. The SMILES string of the molecule is CC1(C)COCCN1C(CN)c1ccc(Br)cc1F. The molecule has 1 aliphatic rings. The molecule has 1 fully saturated rings. The molecule has 0 saturated carbocycles. The Morgan fingerprint density at radius 3 is 2.84 bits per heavy atom. The fourth-order valence-electron chi connectivity index (χ4n) is 2.64. The van der Waals surface area contributed by atoms with Gasteiger partial charge in [0, 0.05) is 28.7 Å². The largest absolute Gasteiger partial charge is 0.378 e. The van der Waals surface area contributed by atoms with Crippen molar-refractivity contribution in [3.05, 3.63) is 34.1 Å². The highest BCUT2D eigenvalue weighted by Crippen LogP contribution is 2.32. The summed E-state index contributed by atoms with van der Waals surface area (Å²) in [7, 11) is 0. The summed E-state index contributed by atoms with van der Waals surface area (Å²) < 4.78 is 20.4. The number of rotatable bonds is 3. The minimum atomic E-state index is -0.216. The summed E-state index contributed by atoms with van der Waals surface area (Å²) >= 11 is 3.28. The summed E-state index contributed by atoms with van der Waals surface area (Å²) in [6.07, 6.45) is 0. The van der Waals surface area contributed by atoms with E-state index in [1.165, 1.54) is 6.07 Å².